The van der Waals surface area contributed by atoms with Crippen molar-refractivity contribution in [3.8, 4) is 5.75 Å². The maximum Gasteiger partial charge on any atom is 0.224 e. The van der Waals surface area contributed by atoms with E-state index in [-0.39, 0.29) is 0 Å². The monoisotopic (exact) mass is 322 g/mol. The van der Waals surface area contributed by atoms with E-state index in [9.17, 15) is 0 Å². The van der Waals surface area contributed by atoms with Gasteiger partial charge in [-0.25, -0.2) is 4.98 Å². The highest BCUT2D eigenvalue weighted by atomic mass is 35.5. The smallest absolute Gasteiger partial charge is 0.224 e. The second kappa shape index (κ2) is 7.82. The second-order valence-electron chi connectivity index (χ2n) is 4.61. The molecule has 0 aliphatic carbocycles. The van der Waals surface area contributed by atoms with Gasteiger partial charge in [0.15, 0.2) is 0 Å². The van der Waals surface area contributed by atoms with Crippen molar-refractivity contribution in [2.75, 3.05) is 38.0 Å². The third-order valence-electron chi connectivity index (χ3n) is 2.87. The van der Waals surface area contributed by atoms with E-state index in [1.54, 1.807) is 32.4 Å². The fourth-order valence-corrected chi connectivity index (χ4v) is 2.06. The van der Waals surface area contributed by atoms with Gasteiger partial charge >= 0.3 is 0 Å². The summed E-state index contributed by atoms with van der Waals surface area (Å²) in [6.45, 7) is 3.13. The van der Waals surface area contributed by atoms with Crippen molar-refractivity contribution < 1.29 is 9.47 Å². The zero-order valence-corrected chi connectivity index (χ0v) is 13.6. The SMILES string of the molecule is COCCNc1nc(C)cc(Nc2cc(Cl)ccc2OC)n1. The molecule has 0 saturated carbocycles. The molecule has 2 N–H and O–H groups in total. The highest BCUT2D eigenvalue weighted by Gasteiger charge is 2.07. The molecule has 2 aromatic rings. The standard InChI is InChI=1S/C15H19ClN4O2/c1-10-8-14(20-15(18-10)17-6-7-21-2)19-12-9-11(16)4-5-13(12)22-3/h4-5,8-9H,6-7H2,1-3H3,(H2,17,18,19,20). The van der Waals surface area contributed by atoms with Crippen LogP contribution in [0.4, 0.5) is 17.5 Å². The summed E-state index contributed by atoms with van der Waals surface area (Å²) >= 11 is 6.03. The van der Waals surface area contributed by atoms with Crippen LogP contribution in [0.25, 0.3) is 0 Å². The predicted molar refractivity (Wildman–Crippen MR) is 88.4 cm³/mol. The van der Waals surface area contributed by atoms with Gasteiger partial charge in [0.05, 0.1) is 19.4 Å². The van der Waals surface area contributed by atoms with E-state index in [1.807, 2.05) is 13.0 Å². The molecule has 22 heavy (non-hydrogen) atoms. The van der Waals surface area contributed by atoms with Gasteiger partial charge < -0.3 is 20.1 Å². The minimum absolute atomic E-state index is 0.542. The van der Waals surface area contributed by atoms with E-state index in [0.29, 0.717) is 35.7 Å². The van der Waals surface area contributed by atoms with Crippen LogP contribution < -0.4 is 15.4 Å². The summed E-state index contributed by atoms with van der Waals surface area (Å²) in [4.78, 5) is 8.75. The van der Waals surface area contributed by atoms with Crippen LogP contribution in [0.3, 0.4) is 0 Å². The van der Waals surface area contributed by atoms with Crippen molar-refractivity contribution in [2.45, 2.75) is 6.92 Å². The molecule has 118 valence electrons. The van der Waals surface area contributed by atoms with Gasteiger partial charge in [0.2, 0.25) is 5.95 Å². The van der Waals surface area contributed by atoms with Gasteiger partial charge in [-0.1, -0.05) is 11.6 Å². The van der Waals surface area contributed by atoms with Gasteiger partial charge in [0, 0.05) is 30.4 Å². The minimum atomic E-state index is 0.542. The first-order valence-electron chi connectivity index (χ1n) is 6.81. The lowest BCUT2D eigenvalue weighted by atomic mass is 10.3. The van der Waals surface area contributed by atoms with Crippen molar-refractivity contribution in [3.63, 3.8) is 0 Å². The molecule has 2 rings (SSSR count). The predicted octanol–water partition coefficient (Wildman–Crippen LogP) is 3.25. The van der Waals surface area contributed by atoms with E-state index in [2.05, 4.69) is 20.6 Å². The molecule has 0 aliphatic rings. The largest absolute Gasteiger partial charge is 0.495 e. The first kappa shape index (κ1) is 16.3. The van der Waals surface area contributed by atoms with Gasteiger partial charge in [0.1, 0.15) is 11.6 Å². The lowest BCUT2D eigenvalue weighted by molar-refractivity contribution is 0.210. The molecular weight excluding hydrogens is 304 g/mol. The summed E-state index contributed by atoms with van der Waals surface area (Å²) in [5.41, 5.74) is 1.59. The van der Waals surface area contributed by atoms with Crippen molar-refractivity contribution in [3.05, 3.63) is 35.0 Å². The van der Waals surface area contributed by atoms with Crippen molar-refractivity contribution in [1.82, 2.24) is 9.97 Å². The number of hydrogen-bond acceptors (Lipinski definition) is 6. The molecule has 6 nitrogen and oxygen atoms in total. The lowest BCUT2D eigenvalue weighted by Gasteiger charge is -2.12. The van der Waals surface area contributed by atoms with Crippen molar-refractivity contribution in [1.29, 1.82) is 0 Å². The first-order valence-corrected chi connectivity index (χ1v) is 7.19. The Morgan fingerprint density at radius 2 is 2.00 bits per heavy atom. The van der Waals surface area contributed by atoms with E-state index in [0.717, 1.165) is 11.4 Å². The van der Waals surface area contributed by atoms with Gasteiger partial charge in [-0.3, -0.25) is 0 Å². The topological polar surface area (TPSA) is 68.3 Å². The summed E-state index contributed by atoms with van der Waals surface area (Å²) in [7, 11) is 3.26. The fourth-order valence-electron chi connectivity index (χ4n) is 1.89. The van der Waals surface area contributed by atoms with Crippen LogP contribution in [0, 0.1) is 6.92 Å². The van der Waals surface area contributed by atoms with Crippen LogP contribution in [0.5, 0.6) is 5.75 Å². The Morgan fingerprint density at radius 3 is 2.73 bits per heavy atom. The zero-order valence-electron chi connectivity index (χ0n) is 12.8. The molecule has 1 aromatic carbocycles. The number of nitrogens with zero attached hydrogens (tertiary/aromatic N) is 2. The van der Waals surface area contributed by atoms with Gasteiger partial charge in [-0.15, -0.1) is 0 Å². The number of aryl methyl sites for hydroxylation is 1. The van der Waals surface area contributed by atoms with Gasteiger partial charge in [0.25, 0.3) is 0 Å². The summed E-state index contributed by atoms with van der Waals surface area (Å²) < 4.78 is 10.3. The molecule has 0 fully saturated rings. The summed E-state index contributed by atoms with van der Waals surface area (Å²) in [5, 5.41) is 6.93. The molecule has 7 heteroatoms. The summed E-state index contributed by atoms with van der Waals surface area (Å²) in [5.74, 6) is 1.89. The Bertz CT molecular complexity index is 637. The number of ether oxygens (including phenoxy) is 2. The number of benzene rings is 1. The van der Waals surface area contributed by atoms with Gasteiger partial charge in [-0.2, -0.15) is 4.98 Å². The van der Waals surface area contributed by atoms with Crippen molar-refractivity contribution in [2.24, 2.45) is 0 Å². The number of anilines is 3. The van der Waals surface area contributed by atoms with Gasteiger partial charge in [-0.05, 0) is 25.1 Å². The minimum Gasteiger partial charge on any atom is -0.495 e. The Morgan fingerprint density at radius 1 is 1.18 bits per heavy atom. The maximum atomic E-state index is 6.03. The molecule has 0 spiro atoms. The van der Waals surface area contributed by atoms with Crippen molar-refractivity contribution >= 4 is 29.1 Å². The normalized spacial score (nSPS) is 10.4. The number of methoxy groups -OCH3 is 2. The Kier molecular flexibility index (Phi) is 5.80. The third kappa shape index (κ3) is 4.47. The first-order chi connectivity index (χ1) is 10.6. The fraction of sp³-hybridized carbons (Fsp3) is 0.333. The Hall–Kier alpha value is -2.05. The molecule has 0 amide bonds. The molecule has 0 unspecified atom stereocenters. The van der Waals surface area contributed by atoms with Crippen LogP contribution in [0.1, 0.15) is 5.69 Å². The Balaban J connectivity index is 2.20. The highest BCUT2D eigenvalue weighted by Crippen LogP contribution is 2.30. The number of hydrogen-bond donors (Lipinski definition) is 2. The molecule has 0 aliphatic heterocycles. The molecule has 0 saturated heterocycles. The molecule has 0 atom stereocenters. The molecule has 1 heterocycles. The molecular formula is C15H19ClN4O2. The number of nitrogens with one attached hydrogen (secondary N) is 2. The second-order valence-corrected chi connectivity index (χ2v) is 5.04. The number of aromatic nitrogens is 2. The molecule has 0 radical (unpaired) electrons. The molecule has 1 aromatic heterocycles. The van der Waals surface area contributed by atoms with Crippen LogP contribution >= 0.6 is 11.6 Å². The number of halogens is 1. The quantitative estimate of drug-likeness (QED) is 0.763. The van der Waals surface area contributed by atoms with E-state index >= 15 is 0 Å². The highest BCUT2D eigenvalue weighted by molar-refractivity contribution is 6.31. The van der Waals surface area contributed by atoms with Crippen LogP contribution in [0.2, 0.25) is 5.02 Å². The average molecular weight is 323 g/mol. The van der Waals surface area contributed by atoms with E-state index in [1.165, 1.54) is 0 Å². The Labute approximate surface area is 134 Å². The van der Waals surface area contributed by atoms with Crippen LogP contribution in [-0.2, 0) is 4.74 Å². The van der Waals surface area contributed by atoms with E-state index < -0.39 is 0 Å². The lowest BCUT2D eigenvalue weighted by Crippen LogP contribution is -2.11. The third-order valence-corrected chi connectivity index (χ3v) is 3.10. The van der Waals surface area contributed by atoms with E-state index in [4.69, 9.17) is 21.1 Å². The van der Waals surface area contributed by atoms with Crippen LogP contribution in [0.15, 0.2) is 24.3 Å². The summed E-state index contributed by atoms with van der Waals surface area (Å²) in [6.07, 6.45) is 0. The maximum absolute atomic E-state index is 6.03. The zero-order chi connectivity index (χ0) is 15.9. The summed E-state index contributed by atoms with van der Waals surface area (Å²) in [6, 6.07) is 7.21. The molecule has 0 bridgehead atoms. The number of rotatable bonds is 7. The average Bonchev–Trinajstić information content (AvgIpc) is 2.47. The van der Waals surface area contributed by atoms with Crippen LogP contribution in [-0.4, -0.2) is 37.3 Å².